The molecule has 0 atom stereocenters. The van der Waals surface area contributed by atoms with Crippen LogP contribution in [0.5, 0.6) is 5.75 Å². The van der Waals surface area contributed by atoms with Crippen LogP contribution < -0.4 is 9.75 Å². The minimum atomic E-state index is 0.862. The molecule has 0 fully saturated rings. The first-order valence-corrected chi connectivity index (χ1v) is 6.75. The highest BCUT2D eigenvalue weighted by Gasteiger charge is 2.04. The molecule has 0 spiro atoms. The highest BCUT2D eigenvalue weighted by Crippen LogP contribution is 2.16. The molecule has 0 aromatic heterocycles. The second-order valence-electron chi connectivity index (χ2n) is 4.49. The molecule has 0 heterocycles. The molecule has 0 saturated heterocycles. The van der Waals surface area contributed by atoms with E-state index < -0.39 is 0 Å². The molecule has 104 valence electrons. The number of para-hydroxylation sites is 1. The van der Waals surface area contributed by atoms with E-state index in [1.807, 2.05) is 66.7 Å². The third-order valence-electron chi connectivity index (χ3n) is 3.16. The van der Waals surface area contributed by atoms with Gasteiger partial charge in [0.25, 0.3) is 0 Å². The predicted molar refractivity (Wildman–Crippen MR) is 84.7 cm³/mol. The summed E-state index contributed by atoms with van der Waals surface area (Å²) in [6.07, 6.45) is 0.878. The van der Waals surface area contributed by atoms with Crippen LogP contribution in [0, 0.1) is 0 Å². The highest BCUT2D eigenvalue weighted by atomic mass is 16.5. The number of methoxy groups -OCH3 is 1. The quantitative estimate of drug-likeness (QED) is 0.606. The third-order valence-corrected chi connectivity index (χ3v) is 3.16. The molecule has 0 radical (unpaired) electrons. The van der Waals surface area contributed by atoms with E-state index in [9.17, 15) is 0 Å². The van der Waals surface area contributed by atoms with Crippen LogP contribution in [0.1, 0.15) is 18.9 Å². The SMILES string of the molecule is CC/C(=N/N(C)c1ccccc1)c1ccc(OC)cc1. The van der Waals surface area contributed by atoms with Crippen molar-refractivity contribution in [2.75, 3.05) is 19.2 Å². The summed E-state index contributed by atoms with van der Waals surface area (Å²) in [5.74, 6) is 0.862. The lowest BCUT2D eigenvalue weighted by Crippen LogP contribution is -2.13. The lowest BCUT2D eigenvalue weighted by Gasteiger charge is -2.15. The predicted octanol–water partition coefficient (Wildman–Crippen LogP) is 3.95. The van der Waals surface area contributed by atoms with Crippen molar-refractivity contribution in [3.8, 4) is 5.75 Å². The normalized spacial score (nSPS) is 11.2. The Morgan fingerprint density at radius 2 is 1.70 bits per heavy atom. The van der Waals surface area contributed by atoms with Gasteiger partial charge in [0.05, 0.1) is 18.5 Å². The van der Waals surface area contributed by atoms with Crippen LogP contribution in [0.15, 0.2) is 59.7 Å². The van der Waals surface area contributed by atoms with Crippen molar-refractivity contribution >= 4 is 11.4 Å². The van der Waals surface area contributed by atoms with E-state index in [4.69, 9.17) is 9.84 Å². The van der Waals surface area contributed by atoms with Gasteiger partial charge in [0.15, 0.2) is 0 Å². The van der Waals surface area contributed by atoms with E-state index in [1.54, 1.807) is 7.11 Å². The number of hydrogen-bond donors (Lipinski definition) is 0. The first kappa shape index (κ1) is 14.1. The summed E-state index contributed by atoms with van der Waals surface area (Å²) in [6, 6.07) is 18.1. The molecular formula is C17H20N2O. The Kier molecular flexibility index (Phi) is 4.77. The molecule has 3 heteroatoms. The largest absolute Gasteiger partial charge is 0.497 e. The Balaban J connectivity index is 2.24. The summed E-state index contributed by atoms with van der Waals surface area (Å²) in [6.45, 7) is 2.11. The van der Waals surface area contributed by atoms with Crippen molar-refractivity contribution in [3.05, 3.63) is 60.2 Å². The number of nitrogens with zero attached hydrogens (tertiary/aromatic N) is 2. The fourth-order valence-electron chi connectivity index (χ4n) is 2.00. The molecule has 3 nitrogen and oxygen atoms in total. The van der Waals surface area contributed by atoms with Crippen molar-refractivity contribution in [2.24, 2.45) is 5.10 Å². The number of hydrazone groups is 1. The van der Waals surface area contributed by atoms with E-state index in [1.165, 1.54) is 0 Å². The Morgan fingerprint density at radius 3 is 2.25 bits per heavy atom. The fraction of sp³-hybridized carbons (Fsp3) is 0.235. The standard InChI is InChI=1S/C17H20N2O/c1-4-17(14-10-12-16(20-3)13-11-14)18-19(2)15-8-6-5-7-9-15/h5-13H,4H2,1-3H3/b18-17-. The molecule has 0 saturated carbocycles. The first-order chi connectivity index (χ1) is 9.74. The van der Waals surface area contributed by atoms with Gasteiger partial charge in [-0.1, -0.05) is 25.1 Å². The lowest BCUT2D eigenvalue weighted by molar-refractivity contribution is 0.415. The number of rotatable bonds is 5. The summed E-state index contributed by atoms with van der Waals surface area (Å²) in [7, 11) is 3.64. The van der Waals surface area contributed by atoms with Crippen LogP contribution in [-0.4, -0.2) is 19.9 Å². The summed E-state index contributed by atoms with van der Waals surface area (Å²) in [5, 5.41) is 6.61. The summed E-state index contributed by atoms with van der Waals surface area (Å²) >= 11 is 0. The Labute approximate surface area is 120 Å². The van der Waals surface area contributed by atoms with Gasteiger partial charge in [-0.2, -0.15) is 5.10 Å². The van der Waals surface area contributed by atoms with Crippen LogP contribution in [-0.2, 0) is 0 Å². The smallest absolute Gasteiger partial charge is 0.118 e. The minimum absolute atomic E-state index is 0.862. The first-order valence-electron chi connectivity index (χ1n) is 6.75. The molecule has 20 heavy (non-hydrogen) atoms. The van der Waals surface area contributed by atoms with Gasteiger partial charge in [-0.15, -0.1) is 0 Å². The third kappa shape index (κ3) is 3.38. The summed E-state index contributed by atoms with van der Waals surface area (Å²) < 4.78 is 5.18. The summed E-state index contributed by atoms with van der Waals surface area (Å²) in [5.41, 5.74) is 3.25. The van der Waals surface area contributed by atoms with Crippen molar-refractivity contribution in [2.45, 2.75) is 13.3 Å². The van der Waals surface area contributed by atoms with Crippen molar-refractivity contribution in [1.29, 1.82) is 0 Å². The molecule has 0 bridgehead atoms. The van der Waals surface area contributed by atoms with Crippen molar-refractivity contribution < 1.29 is 4.74 Å². The van der Waals surface area contributed by atoms with Gasteiger partial charge in [-0.25, -0.2) is 0 Å². The zero-order chi connectivity index (χ0) is 14.4. The molecule has 0 aliphatic heterocycles. The summed E-state index contributed by atoms with van der Waals surface area (Å²) in [4.78, 5) is 0. The Bertz CT molecular complexity index is 561. The van der Waals surface area contributed by atoms with Gasteiger partial charge in [0, 0.05) is 7.05 Å². The lowest BCUT2D eigenvalue weighted by atomic mass is 10.1. The molecule has 0 amide bonds. The maximum Gasteiger partial charge on any atom is 0.118 e. The van der Waals surface area contributed by atoms with Gasteiger partial charge in [-0.3, -0.25) is 5.01 Å². The molecule has 0 N–H and O–H groups in total. The van der Waals surface area contributed by atoms with Crippen LogP contribution in [0.4, 0.5) is 5.69 Å². The second-order valence-corrected chi connectivity index (χ2v) is 4.49. The average Bonchev–Trinajstić information content (AvgIpc) is 2.53. The molecular weight excluding hydrogens is 248 g/mol. The van der Waals surface area contributed by atoms with Gasteiger partial charge in [-0.05, 0) is 48.4 Å². The number of anilines is 1. The van der Waals surface area contributed by atoms with Crippen LogP contribution >= 0.6 is 0 Å². The van der Waals surface area contributed by atoms with Crippen LogP contribution in [0.2, 0.25) is 0 Å². The molecule has 2 aromatic carbocycles. The van der Waals surface area contributed by atoms with Gasteiger partial charge >= 0.3 is 0 Å². The van der Waals surface area contributed by atoms with E-state index in [0.717, 1.165) is 29.1 Å². The zero-order valence-electron chi connectivity index (χ0n) is 12.2. The highest BCUT2D eigenvalue weighted by molar-refractivity contribution is 6.00. The van der Waals surface area contributed by atoms with Crippen molar-refractivity contribution in [1.82, 2.24) is 0 Å². The molecule has 0 aliphatic rings. The fourth-order valence-corrected chi connectivity index (χ4v) is 2.00. The second kappa shape index (κ2) is 6.75. The van der Waals surface area contributed by atoms with Crippen LogP contribution in [0.25, 0.3) is 0 Å². The topological polar surface area (TPSA) is 24.8 Å². The van der Waals surface area contributed by atoms with Crippen LogP contribution in [0.3, 0.4) is 0 Å². The zero-order valence-corrected chi connectivity index (χ0v) is 12.2. The number of hydrogen-bond acceptors (Lipinski definition) is 3. The van der Waals surface area contributed by atoms with Gasteiger partial charge < -0.3 is 4.74 Å². The molecule has 0 unspecified atom stereocenters. The molecule has 2 aromatic rings. The maximum atomic E-state index is 5.18. The van der Waals surface area contributed by atoms with Gasteiger partial charge in [0.1, 0.15) is 5.75 Å². The number of ether oxygens (including phenoxy) is 1. The monoisotopic (exact) mass is 268 g/mol. The Hall–Kier alpha value is -2.29. The number of benzene rings is 2. The van der Waals surface area contributed by atoms with Gasteiger partial charge in [0.2, 0.25) is 0 Å². The van der Waals surface area contributed by atoms with E-state index in [2.05, 4.69) is 6.92 Å². The minimum Gasteiger partial charge on any atom is -0.497 e. The molecule has 0 aliphatic carbocycles. The molecule has 2 rings (SSSR count). The Morgan fingerprint density at radius 1 is 1.05 bits per heavy atom. The van der Waals surface area contributed by atoms with Crippen molar-refractivity contribution in [3.63, 3.8) is 0 Å². The maximum absolute atomic E-state index is 5.18. The average molecular weight is 268 g/mol. The van der Waals surface area contributed by atoms with E-state index >= 15 is 0 Å². The van der Waals surface area contributed by atoms with E-state index in [-0.39, 0.29) is 0 Å². The van der Waals surface area contributed by atoms with E-state index in [0.29, 0.717) is 0 Å².